The lowest BCUT2D eigenvalue weighted by Gasteiger charge is -2.18. The SMILES string of the molecule is Cc1ccc(C(C)Nc2ccc(Br)cc2Cl)c(O)c1. The van der Waals surface area contributed by atoms with E-state index in [1.807, 2.05) is 44.2 Å². The standard InChI is InChI=1S/C15H15BrClNO/c1-9-3-5-12(15(19)7-9)10(2)18-14-6-4-11(16)8-13(14)17/h3-8,10,18-19H,1-2H3. The molecule has 0 radical (unpaired) electrons. The molecule has 2 aromatic carbocycles. The number of aromatic hydroxyl groups is 1. The molecule has 0 spiro atoms. The van der Waals surface area contributed by atoms with Gasteiger partial charge in [0.2, 0.25) is 0 Å². The second kappa shape index (κ2) is 5.85. The Labute approximate surface area is 126 Å². The first-order chi connectivity index (χ1) is 8.97. The summed E-state index contributed by atoms with van der Waals surface area (Å²) in [6.45, 7) is 3.94. The molecule has 2 nitrogen and oxygen atoms in total. The van der Waals surface area contributed by atoms with E-state index in [1.54, 1.807) is 6.07 Å². The third-order valence-electron chi connectivity index (χ3n) is 2.96. The predicted molar refractivity (Wildman–Crippen MR) is 84.0 cm³/mol. The summed E-state index contributed by atoms with van der Waals surface area (Å²) in [6.07, 6.45) is 0. The number of phenolic OH excluding ortho intramolecular Hbond substituents is 1. The van der Waals surface area contributed by atoms with Crippen LogP contribution in [-0.4, -0.2) is 5.11 Å². The van der Waals surface area contributed by atoms with Crippen molar-refractivity contribution in [1.29, 1.82) is 0 Å². The Balaban J connectivity index is 2.23. The van der Waals surface area contributed by atoms with E-state index in [9.17, 15) is 5.11 Å². The van der Waals surface area contributed by atoms with Crippen LogP contribution in [0, 0.1) is 6.92 Å². The van der Waals surface area contributed by atoms with Gasteiger partial charge in [-0.2, -0.15) is 0 Å². The Morgan fingerprint density at radius 2 is 1.95 bits per heavy atom. The van der Waals surface area contributed by atoms with Crippen LogP contribution in [0.3, 0.4) is 0 Å². The molecule has 1 atom stereocenters. The molecule has 0 saturated carbocycles. The minimum absolute atomic E-state index is 0.0284. The van der Waals surface area contributed by atoms with Gasteiger partial charge in [-0.1, -0.05) is 39.7 Å². The molecule has 0 heterocycles. The van der Waals surface area contributed by atoms with Gasteiger partial charge < -0.3 is 10.4 Å². The molecule has 0 aliphatic heterocycles. The van der Waals surface area contributed by atoms with E-state index in [2.05, 4.69) is 21.2 Å². The number of phenols is 1. The fraction of sp³-hybridized carbons (Fsp3) is 0.200. The van der Waals surface area contributed by atoms with Crippen molar-refractivity contribution in [2.75, 3.05) is 5.32 Å². The molecule has 0 aromatic heterocycles. The summed E-state index contributed by atoms with van der Waals surface area (Å²) >= 11 is 9.55. The van der Waals surface area contributed by atoms with Crippen LogP contribution in [0.2, 0.25) is 5.02 Å². The Morgan fingerprint density at radius 1 is 1.21 bits per heavy atom. The Hall–Kier alpha value is -1.19. The van der Waals surface area contributed by atoms with Crippen LogP contribution >= 0.6 is 27.5 Å². The average Bonchev–Trinajstić information content (AvgIpc) is 2.32. The molecule has 0 aliphatic carbocycles. The number of nitrogens with one attached hydrogen (secondary N) is 1. The van der Waals surface area contributed by atoms with Crippen LogP contribution in [0.4, 0.5) is 5.69 Å². The number of aryl methyl sites for hydroxylation is 1. The van der Waals surface area contributed by atoms with Crippen molar-refractivity contribution in [3.63, 3.8) is 0 Å². The molecule has 2 rings (SSSR count). The normalized spacial score (nSPS) is 12.2. The lowest BCUT2D eigenvalue weighted by Crippen LogP contribution is -2.07. The average molecular weight is 341 g/mol. The zero-order chi connectivity index (χ0) is 14.0. The van der Waals surface area contributed by atoms with Crippen LogP contribution in [0.15, 0.2) is 40.9 Å². The number of halogens is 2. The van der Waals surface area contributed by atoms with E-state index in [4.69, 9.17) is 11.6 Å². The Kier molecular flexibility index (Phi) is 4.38. The number of benzene rings is 2. The van der Waals surface area contributed by atoms with E-state index in [-0.39, 0.29) is 6.04 Å². The van der Waals surface area contributed by atoms with Gasteiger partial charge >= 0.3 is 0 Å². The van der Waals surface area contributed by atoms with Crippen LogP contribution in [0.5, 0.6) is 5.75 Å². The van der Waals surface area contributed by atoms with Crippen LogP contribution in [0.25, 0.3) is 0 Å². The molecule has 1 unspecified atom stereocenters. The van der Waals surface area contributed by atoms with Crippen molar-refractivity contribution < 1.29 is 5.11 Å². The molecule has 0 bridgehead atoms. The Morgan fingerprint density at radius 3 is 2.58 bits per heavy atom. The molecule has 4 heteroatoms. The molecule has 2 aromatic rings. The molecular weight excluding hydrogens is 326 g/mol. The summed E-state index contributed by atoms with van der Waals surface area (Å²) in [5, 5.41) is 13.9. The van der Waals surface area contributed by atoms with Crippen molar-refractivity contribution in [3.8, 4) is 5.75 Å². The smallest absolute Gasteiger partial charge is 0.121 e. The fourth-order valence-electron chi connectivity index (χ4n) is 1.94. The van der Waals surface area contributed by atoms with Gasteiger partial charge in [0, 0.05) is 10.0 Å². The summed E-state index contributed by atoms with van der Waals surface area (Å²) in [6, 6.07) is 11.3. The zero-order valence-electron chi connectivity index (χ0n) is 10.7. The monoisotopic (exact) mass is 339 g/mol. The van der Waals surface area contributed by atoms with Gasteiger partial charge in [-0.05, 0) is 43.7 Å². The maximum absolute atomic E-state index is 9.97. The van der Waals surface area contributed by atoms with E-state index < -0.39 is 0 Å². The minimum atomic E-state index is -0.0284. The van der Waals surface area contributed by atoms with E-state index in [1.165, 1.54) is 0 Å². The zero-order valence-corrected chi connectivity index (χ0v) is 13.1. The summed E-state index contributed by atoms with van der Waals surface area (Å²) in [5.41, 5.74) is 2.73. The molecule has 0 saturated heterocycles. The van der Waals surface area contributed by atoms with Gasteiger partial charge in [-0.3, -0.25) is 0 Å². The lowest BCUT2D eigenvalue weighted by molar-refractivity contribution is 0.465. The highest BCUT2D eigenvalue weighted by Crippen LogP contribution is 2.31. The molecule has 19 heavy (non-hydrogen) atoms. The van der Waals surface area contributed by atoms with E-state index in [0.717, 1.165) is 21.3 Å². The van der Waals surface area contributed by atoms with Gasteiger partial charge in [0.1, 0.15) is 5.75 Å². The Bertz CT molecular complexity index is 601. The number of hydrogen-bond acceptors (Lipinski definition) is 2. The molecule has 0 amide bonds. The molecule has 2 N–H and O–H groups in total. The van der Waals surface area contributed by atoms with Gasteiger partial charge in [0.15, 0.2) is 0 Å². The first-order valence-corrected chi connectivity index (χ1v) is 7.15. The van der Waals surface area contributed by atoms with Gasteiger partial charge in [-0.25, -0.2) is 0 Å². The minimum Gasteiger partial charge on any atom is -0.508 e. The van der Waals surface area contributed by atoms with Crippen molar-refractivity contribution in [3.05, 3.63) is 57.0 Å². The molecule has 0 fully saturated rings. The first-order valence-electron chi connectivity index (χ1n) is 5.98. The third kappa shape index (κ3) is 3.43. The van der Waals surface area contributed by atoms with Crippen molar-refractivity contribution in [2.45, 2.75) is 19.9 Å². The summed E-state index contributed by atoms with van der Waals surface area (Å²) < 4.78 is 0.939. The summed E-state index contributed by atoms with van der Waals surface area (Å²) in [4.78, 5) is 0. The first kappa shape index (κ1) is 14.2. The third-order valence-corrected chi connectivity index (χ3v) is 3.76. The van der Waals surface area contributed by atoms with E-state index >= 15 is 0 Å². The van der Waals surface area contributed by atoms with Crippen LogP contribution in [0.1, 0.15) is 24.1 Å². The summed E-state index contributed by atoms with van der Waals surface area (Å²) in [7, 11) is 0. The highest BCUT2D eigenvalue weighted by molar-refractivity contribution is 9.10. The van der Waals surface area contributed by atoms with E-state index in [0.29, 0.717) is 10.8 Å². The lowest BCUT2D eigenvalue weighted by atomic mass is 10.0. The van der Waals surface area contributed by atoms with Crippen molar-refractivity contribution >= 4 is 33.2 Å². The van der Waals surface area contributed by atoms with Gasteiger partial charge in [0.05, 0.1) is 16.8 Å². The predicted octanol–water partition coefficient (Wildman–Crippen LogP) is 5.29. The largest absolute Gasteiger partial charge is 0.508 e. The quantitative estimate of drug-likeness (QED) is 0.795. The molecule has 100 valence electrons. The highest BCUT2D eigenvalue weighted by atomic mass is 79.9. The van der Waals surface area contributed by atoms with Crippen molar-refractivity contribution in [1.82, 2.24) is 0 Å². The van der Waals surface area contributed by atoms with Crippen LogP contribution in [-0.2, 0) is 0 Å². The topological polar surface area (TPSA) is 32.3 Å². The maximum atomic E-state index is 9.97. The number of rotatable bonds is 3. The van der Waals surface area contributed by atoms with Crippen molar-refractivity contribution in [2.24, 2.45) is 0 Å². The number of anilines is 1. The van der Waals surface area contributed by atoms with Crippen LogP contribution < -0.4 is 5.32 Å². The maximum Gasteiger partial charge on any atom is 0.121 e. The second-order valence-corrected chi connectivity index (χ2v) is 5.88. The number of hydrogen-bond donors (Lipinski definition) is 2. The van der Waals surface area contributed by atoms with Gasteiger partial charge in [0.25, 0.3) is 0 Å². The second-order valence-electron chi connectivity index (χ2n) is 4.55. The van der Waals surface area contributed by atoms with Gasteiger partial charge in [-0.15, -0.1) is 0 Å². The highest BCUT2D eigenvalue weighted by Gasteiger charge is 2.11. The molecule has 0 aliphatic rings. The molecular formula is C15H15BrClNO. The fourth-order valence-corrected chi connectivity index (χ4v) is 2.67. The summed E-state index contributed by atoms with van der Waals surface area (Å²) in [5.74, 6) is 0.299.